The number of hydrogen-bond donors (Lipinski definition) is 0. The van der Waals surface area contributed by atoms with Gasteiger partial charge in [0.2, 0.25) is 10.0 Å². The molecule has 0 aliphatic carbocycles. The molecule has 1 amide bonds. The van der Waals surface area contributed by atoms with Crippen LogP contribution in [0.1, 0.15) is 28.4 Å². The van der Waals surface area contributed by atoms with Crippen LogP contribution in [0.3, 0.4) is 0 Å². The minimum absolute atomic E-state index is 0.164. The first-order chi connectivity index (χ1) is 13.9. The van der Waals surface area contributed by atoms with Crippen LogP contribution in [0.25, 0.3) is 0 Å². The molecule has 0 N–H and O–H groups in total. The average Bonchev–Trinajstić information content (AvgIpc) is 2.73. The minimum atomic E-state index is -3.67. The lowest BCUT2D eigenvalue weighted by Gasteiger charge is -2.33. The summed E-state index contributed by atoms with van der Waals surface area (Å²) in [6, 6.07) is 12.9. The molecule has 1 saturated heterocycles. The highest BCUT2D eigenvalue weighted by Gasteiger charge is 2.31. The monoisotopic (exact) mass is 414 g/mol. The smallest absolute Gasteiger partial charge is 0.258 e. The number of carbonyl (C=O) groups is 1. The molecule has 7 heteroatoms. The normalized spacial score (nSPS) is 20.3. The van der Waals surface area contributed by atoms with Crippen LogP contribution in [-0.4, -0.2) is 51.5 Å². The predicted molar refractivity (Wildman–Crippen MR) is 112 cm³/mol. The summed E-state index contributed by atoms with van der Waals surface area (Å²) in [5.74, 6) is 0.179. The number of morpholine rings is 1. The Morgan fingerprint density at radius 2 is 1.83 bits per heavy atom. The van der Waals surface area contributed by atoms with Crippen molar-refractivity contribution in [2.75, 3.05) is 37.7 Å². The Hall–Kier alpha value is -2.22. The van der Waals surface area contributed by atoms with E-state index in [0.29, 0.717) is 49.9 Å². The first-order valence-corrected chi connectivity index (χ1v) is 11.4. The molecule has 154 valence electrons. The quantitative estimate of drug-likeness (QED) is 0.775. The van der Waals surface area contributed by atoms with Crippen molar-refractivity contribution >= 4 is 21.6 Å². The number of ether oxygens (including phenoxy) is 1. The Bertz CT molecular complexity index is 1030. The molecule has 2 aliphatic heterocycles. The molecule has 0 aromatic heterocycles. The van der Waals surface area contributed by atoms with E-state index >= 15 is 0 Å². The number of rotatable bonds is 3. The zero-order chi connectivity index (χ0) is 20.6. The van der Waals surface area contributed by atoms with E-state index in [4.69, 9.17) is 4.74 Å². The molecule has 4 rings (SSSR count). The Balaban J connectivity index is 1.70. The topological polar surface area (TPSA) is 66.9 Å². The first kappa shape index (κ1) is 20.1. The summed E-state index contributed by atoms with van der Waals surface area (Å²) in [5.41, 5.74) is 3.09. The molecule has 2 aliphatic rings. The molecule has 2 aromatic carbocycles. The molecule has 0 bridgehead atoms. The van der Waals surface area contributed by atoms with E-state index < -0.39 is 10.0 Å². The van der Waals surface area contributed by atoms with Gasteiger partial charge in [0.25, 0.3) is 5.91 Å². The molecular formula is C22H26N2O4S. The summed E-state index contributed by atoms with van der Waals surface area (Å²) in [4.78, 5) is 15.3. The number of fused-ring (bicyclic) bond motifs is 1. The van der Waals surface area contributed by atoms with Crippen molar-refractivity contribution in [3.63, 3.8) is 0 Å². The Labute approximate surface area is 172 Å². The van der Waals surface area contributed by atoms with Gasteiger partial charge in [0.1, 0.15) is 0 Å². The van der Waals surface area contributed by atoms with E-state index in [0.717, 1.165) is 17.7 Å². The fourth-order valence-corrected chi connectivity index (χ4v) is 5.74. The van der Waals surface area contributed by atoms with Gasteiger partial charge in [-0.25, -0.2) is 8.42 Å². The van der Waals surface area contributed by atoms with Crippen LogP contribution in [0.15, 0.2) is 47.4 Å². The van der Waals surface area contributed by atoms with E-state index in [2.05, 4.69) is 13.0 Å². The van der Waals surface area contributed by atoms with Crippen molar-refractivity contribution in [3.8, 4) is 0 Å². The van der Waals surface area contributed by atoms with Crippen LogP contribution in [0.2, 0.25) is 0 Å². The zero-order valence-electron chi connectivity index (χ0n) is 16.8. The van der Waals surface area contributed by atoms with Crippen molar-refractivity contribution in [2.45, 2.75) is 25.2 Å². The summed E-state index contributed by atoms with van der Waals surface area (Å²) in [5, 5.41) is 0. The largest absolute Gasteiger partial charge is 0.379 e. The molecular weight excluding hydrogens is 388 g/mol. The second-order valence-corrected chi connectivity index (χ2v) is 9.76. The van der Waals surface area contributed by atoms with Crippen LogP contribution in [0, 0.1) is 12.8 Å². The van der Waals surface area contributed by atoms with Crippen molar-refractivity contribution in [2.24, 2.45) is 5.92 Å². The molecule has 2 aromatic rings. The summed E-state index contributed by atoms with van der Waals surface area (Å²) in [6.07, 6.45) is 0.935. The fourth-order valence-electron chi connectivity index (χ4n) is 4.08. The molecule has 0 spiro atoms. The van der Waals surface area contributed by atoms with E-state index in [1.54, 1.807) is 24.0 Å². The number of para-hydroxylation sites is 1. The number of hydrogen-bond acceptors (Lipinski definition) is 4. The van der Waals surface area contributed by atoms with Crippen molar-refractivity contribution in [1.82, 2.24) is 4.31 Å². The number of anilines is 1. The predicted octanol–water partition coefficient (Wildman–Crippen LogP) is 2.85. The van der Waals surface area contributed by atoms with Crippen LogP contribution < -0.4 is 4.90 Å². The summed E-state index contributed by atoms with van der Waals surface area (Å²) in [6.45, 7) is 5.95. The van der Waals surface area contributed by atoms with Gasteiger partial charge < -0.3 is 9.64 Å². The van der Waals surface area contributed by atoms with Crippen LogP contribution in [-0.2, 0) is 21.2 Å². The lowest BCUT2D eigenvalue weighted by molar-refractivity contribution is 0.0730. The molecule has 0 radical (unpaired) electrons. The molecule has 6 nitrogen and oxygen atoms in total. The highest BCUT2D eigenvalue weighted by atomic mass is 32.2. The highest BCUT2D eigenvalue weighted by molar-refractivity contribution is 7.89. The number of sulfonamides is 1. The lowest BCUT2D eigenvalue weighted by atomic mass is 9.93. The third-order valence-corrected chi connectivity index (χ3v) is 7.65. The van der Waals surface area contributed by atoms with E-state index in [1.807, 2.05) is 18.2 Å². The van der Waals surface area contributed by atoms with Gasteiger partial charge in [0.05, 0.1) is 18.1 Å². The second-order valence-electron chi connectivity index (χ2n) is 7.85. The van der Waals surface area contributed by atoms with E-state index in [-0.39, 0.29) is 10.8 Å². The number of carbonyl (C=O) groups excluding carboxylic acids is 1. The van der Waals surface area contributed by atoms with Crippen LogP contribution in [0.4, 0.5) is 5.69 Å². The number of aryl methyl sites for hydroxylation is 1. The number of benzene rings is 2. The Kier molecular flexibility index (Phi) is 5.46. The maximum Gasteiger partial charge on any atom is 0.258 e. The molecule has 0 saturated carbocycles. The minimum Gasteiger partial charge on any atom is -0.379 e. The standard InChI is InChI=1S/C22H26N2O4S/c1-16-13-18-5-3-4-6-20(18)24(15-16)22(25)19-8-7-17(2)21(14-19)29(26,27)23-9-11-28-12-10-23/h3-8,14,16H,9-13,15H2,1-2H3. The third-order valence-electron chi connectivity index (χ3n) is 5.61. The van der Waals surface area contributed by atoms with E-state index in [1.165, 1.54) is 10.4 Å². The van der Waals surface area contributed by atoms with Crippen molar-refractivity contribution < 1.29 is 17.9 Å². The molecule has 1 unspecified atom stereocenters. The Morgan fingerprint density at radius 3 is 2.59 bits per heavy atom. The highest BCUT2D eigenvalue weighted by Crippen LogP contribution is 2.31. The van der Waals surface area contributed by atoms with Gasteiger partial charge in [-0.05, 0) is 48.6 Å². The Morgan fingerprint density at radius 1 is 1.10 bits per heavy atom. The number of nitrogens with zero attached hydrogens (tertiary/aromatic N) is 2. The van der Waals surface area contributed by atoms with Gasteiger partial charge in [-0.15, -0.1) is 0 Å². The van der Waals surface area contributed by atoms with Gasteiger partial charge in [0.15, 0.2) is 0 Å². The lowest BCUT2D eigenvalue weighted by Crippen LogP contribution is -2.41. The zero-order valence-corrected chi connectivity index (χ0v) is 17.6. The van der Waals surface area contributed by atoms with Gasteiger partial charge in [-0.3, -0.25) is 4.79 Å². The summed E-state index contributed by atoms with van der Waals surface area (Å²) < 4.78 is 33.0. The average molecular weight is 415 g/mol. The molecule has 29 heavy (non-hydrogen) atoms. The maximum absolute atomic E-state index is 13.4. The molecule has 1 atom stereocenters. The number of amides is 1. The third kappa shape index (κ3) is 3.82. The maximum atomic E-state index is 13.4. The van der Waals surface area contributed by atoms with Gasteiger partial charge >= 0.3 is 0 Å². The van der Waals surface area contributed by atoms with E-state index in [9.17, 15) is 13.2 Å². The van der Waals surface area contributed by atoms with Crippen molar-refractivity contribution in [1.29, 1.82) is 0 Å². The van der Waals surface area contributed by atoms with Gasteiger partial charge in [0, 0.05) is 30.9 Å². The van der Waals surface area contributed by atoms with Crippen molar-refractivity contribution in [3.05, 3.63) is 59.2 Å². The first-order valence-electron chi connectivity index (χ1n) is 9.96. The SMILES string of the molecule is Cc1ccc(C(=O)N2CC(C)Cc3ccccc32)cc1S(=O)(=O)N1CCOCC1. The van der Waals surface area contributed by atoms with Gasteiger partial charge in [-0.2, -0.15) is 4.31 Å². The fraction of sp³-hybridized carbons (Fsp3) is 0.409. The molecule has 2 heterocycles. The van der Waals surface area contributed by atoms with Gasteiger partial charge in [-0.1, -0.05) is 31.2 Å². The van der Waals surface area contributed by atoms with Crippen LogP contribution in [0.5, 0.6) is 0 Å². The van der Waals surface area contributed by atoms with Crippen LogP contribution >= 0.6 is 0 Å². The summed E-state index contributed by atoms with van der Waals surface area (Å²) in [7, 11) is -3.67. The summed E-state index contributed by atoms with van der Waals surface area (Å²) >= 11 is 0. The second kappa shape index (κ2) is 7.89. The molecule has 1 fully saturated rings.